The van der Waals surface area contributed by atoms with E-state index in [4.69, 9.17) is 0 Å². The first-order valence-corrected chi connectivity index (χ1v) is 8.30. The molecule has 1 aliphatic carbocycles. The van der Waals surface area contributed by atoms with E-state index in [1.807, 2.05) is 0 Å². The summed E-state index contributed by atoms with van der Waals surface area (Å²) in [7, 11) is 0. The Morgan fingerprint density at radius 1 is 0.952 bits per heavy atom. The molecular formula is C17H17N3S. The maximum absolute atomic E-state index is 4.38. The van der Waals surface area contributed by atoms with E-state index < -0.39 is 0 Å². The molecule has 1 heterocycles. The molecule has 1 saturated carbocycles. The first kappa shape index (κ1) is 12.8. The Bertz CT molecular complexity index is 754. The van der Waals surface area contributed by atoms with Crippen LogP contribution in [0.1, 0.15) is 36.6 Å². The second-order valence-electron chi connectivity index (χ2n) is 5.58. The molecule has 1 aromatic heterocycles. The minimum absolute atomic E-state index is 0.630. The van der Waals surface area contributed by atoms with Crippen molar-refractivity contribution in [3.63, 3.8) is 0 Å². The Balaban J connectivity index is 1.62. The van der Waals surface area contributed by atoms with Crippen molar-refractivity contribution in [3.05, 3.63) is 47.5 Å². The topological polar surface area (TPSA) is 37.8 Å². The zero-order chi connectivity index (χ0) is 14.1. The maximum Gasteiger partial charge on any atom is 0.210 e. The van der Waals surface area contributed by atoms with E-state index >= 15 is 0 Å². The number of hydrogen-bond acceptors (Lipinski definition) is 4. The van der Waals surface area contributed by atoms with Gasteiger partial charge in [-0.25, -0.2) is 0 Å². The van der Waals surface area contributed by atoms with E-state index in [-0.39, 0.29) is 0 Å². The molecule has 3 nitrogen and oxygen atoms in total. The van der Waals surface area contributed by atoms with Gasteiger partial charge in [-0.15, -0.1) is 10.2 Å². The van der Waals surface area contributed by atoms with Gasteiger partial charge >= 0.3 is 0 Å². The Morgan fingerprint density at radius 2 is 1.76 bits per heavy atom. The number of fused-ring (bicyclic) bond motifs is 1. The number of aromatic nitrogens is 2. The molecule has 0 unspecified atom stereocenters. The molecule has 4 heteroatoms. The zero-order valence-electron chi connectivity index (χ0n) is 11.7. The number of rotatable bonds is 3. The molecule has 0 spiro atoms. The summed E-state index contributed by atoms with van der Waals surface area (Å²) in [4.78, 5) is 0. The predicted octanol–water partition coefficient (Wildman–Crippen LogP) is 5.09. The summed E-state index contributed by atoms with van der Waals surface area (Å²) in [5, 5.41) is 16.7. The van der Waals surface area contributed by atoms with Crippen molar-refractivity contribution in [2.45, 2.75) is 31.6 Å². The summed E-state index contributed by atoms with van der Waals surface area (Å²) < 4.78 is 0. The standard InChI is InChI=1S/C17H17N3S/c1-2-8-13(7-1)16-19-20-17(21-16)18-15-11-5-9-12-6-3-4-10-14(12)15/h3-6,9-11,13H,1-2,7-8H2,(H,18,20). The van der Waals surface area contributed by atoms with E-state index in [1.165, 1.54) is 41.5 Å². The van der Waals surface area contributed by atoms with Gasteiger partial charge in [0.2, 0.25) is 5.13 Å². The van der Waals surface area contributed by atoms with Crippen LogP contribution in [-0.2, 0) is 0 Å². The molecule has 1 N–H and O–H groups in total. The number of benzene rings is 2. The summed E-state index contributed by atoms with van der Waals surface area (Å²) >= 11 is 1.70. The van der Waals surface area contributed by atoms with Crippen molar-refractivity contribution >= 4 is 32.9 Å². The highest BCUT2D eigenvalue weighted by atomic mass is 32.1. The van der Waals surface area contributed by atoms with Gasteiger partial charge in [-0.05, 0) is 24.3 Å². The van der Waals surface area contributed by atoms with Crippen LogP contribution >= 0.6 is 11.3 Å². The molecule has 0 aliphatic heterocycles. The molecule has 3 aromatic rings. The van der Waals surface area contributed by atoms with Gasteiger partial charge in [-0.1, -0.05) is 60.6 Å². The molecule has 0 saturated heterocycles. The van der Waals surface area contributed by atoms with Crippen molar-refractivity contribution in [1.82, 2.24) is 10.2 Å². The minimum Gasteiger partial charge on any atom is -0.330 e. The molecule has 1 fully saturated rings. The van der Waals surface area contributed by atoms with Crippen LogP contribution in [-0.4, -0.2) is 10.2 Å². The van der Waals surface area contributed by atoms with Crippen molar-refractivity contribution in [2.24, 2.45) is 0 Å². The first-order valence-electron chi connectivity index (χ1n) is 7.48. The summed E-state index contributed by atoms with van der Waals surface area (Å²) in [5.74, 6) is 0.630. The van der Waals surface area contributed by atoms with Crippen LogP contribution in [0.4, 0.5) is 10.8 Å². The fourth-order valence-electron chi connectivity index (χ4n) is 3.07. The quantitative estimate of drug-likeness (QED) is 0.731. The van der Waals surface area contributed by atoms with Gasteiger partial charge < -0.3 is 5.32 Å². The number of nitrogens with one attached hydrogen (secondary N) is 1. The van der Waals surface area contributed by atoms with E-state index in [0.29, 0.717) is 5.92 Å². The molecule has 2 aromatic carbocycles. The van der Waals surface area contributed by atoms with Crippen LogP contribution in [0.25, 0.3) is 10.8 Å². The molecule has 4 rings (SSSR count). The minimum atomic E-state index is 0.630. The summed E-state index contributed by atoms with van der Waals surface area (Å²) in [6.07, 6.45) is 5.19. The fraction of sp³-hybridized carbons (Fsp3) is 0.294. The molecular weight excluding hydrogens is 278 g/mol. The van der Waals surface area contributed by atoms with Crippen molar-refractivity contribution in [2.75, 3.05) is 5.32 Å². The second kappa shape index (κ2) is 5.45. The van der Waals surface area contributed by atoms with Gasteiger partial charge in [0.15, 0.2) is 0 Å². The maximum atomic E-state index is 4.38. The summed E-state index contributed by atoms with van der Waals surface area (Å²) in [6.45, 7) is 0. The Kier molecular flexibility index (Phi) is 3.31. The number of hydrogen-bond donors (Lipinski definition) is 1. The van der Waals surface area contributed by atoms with Crippen LogP contribution in [0.2, 0.25) is 0 Å². The highest BCUT2D eigenvalue weighted by molar-refractivity contribution is 7.15. The predicted molar refractivity (Wildman–Crippen MR) is 88.3 cm³/mol. The third-order valence-electron chi connectivity index (χ3n) is 4.18. The lowest BCUT2D eigenvalue weighted by molar-refractivity contribution is 0.705. The number of nitrogens with zero attached hydrogens (tertiary/aromatic N) is 2. The van der Waals surface area contributed by atoms with Crippen LogP contribution in [0.15, 0.2) is 42.5 Å². The average Bonchev–Trinajstić information content (AvgIpc) is 3.18. The van der Waals surface area contributed by atoms with Gasteiger partial charge in [0.1, 0.15) is 5.01 Å². The van der Waals surface area contributed by atoms with E-state index in [9.17, 15) is 0 Å². The zero-order valence-corrected chi connectivity index (χ0v) is 12.6. The highest BCUT2D eigenvalue weighted by Gasteiger charge is 2.21. The van der Waals surface area contributed by atoms with E-state index in [1.54, 1.807) is 11.3 Å². The van der Waals surface area contributed by atoms with Crippen LogP contribution in [0, 0.1) is 0 Å². The lowest BCUT2D eigenvalue weighted by Crippen LogP contribution is -1.90. The van der Waals surface area contributed by atoms with Crippen LogP contribution < -0.4 is 5.32 Å². The highest BCUT2D eigenvalue weighted by Crippen LogP contribution is 2.37. The molecule has 1 aliphatic rings. The molecule has 0 atom stereocenters. The van der Waals surface area contributed by atoms with Crippen LogP contribution in [0.5, 0.6) is 0 Å². The second-order valence-corrected chi connectivity index (χ2v) is 6.59. The first-order chi connectivity index (χ1) is 10.4. The Morgan fingerprint density at radius 3 is 2.67 bits per heavy atom. The lowest BCUT2D eigenvalue weighted by atomic mass is 10.1. The summed E-state index contributed by atoms with van der Waals surface area (Å²) in [6, 6.07) is 14.7. The molecule has 21 heavy (non-hydrogen) atoms. The average molecular weight is 295 g/mol. The monoisotopic (exact) mass is 295 g/mol. The van der Waals surface area contributed by atoms with E-state index in [0.717, 1.165) is 10.8 Å². The van der Waals surface area contributed by atoms with Gasteiger partial charge in [0.05, 0.1) is 0 Å². The Labute approximate surface area is 128 Å². The summed E-state index contributed by atoms with van der Waals surface area (Å²) in [5.41, 5.74) is 1.10. The Hall–Kier alpha value is -1.94. The van der Waals surface area contributed by atoms with Crippen molar-refractivity contribution in [3.8, 4) is 0 Å². The fourth-order valence-corrected chi connectivity index (χ4v) is 4.00. The van der Waals surface area contributed by atoms with Gasteiger partial charge in [0.25, 0.3) is 0 Å². The SMILES string of the molecule is c1ccc2c(Nc3nnc(C4CCCC4)s3)cccc2c1. The molecule has 106 valence electrons. The molecule has 0 bridgehead atoms. The smallest absolute Gasteiger partial charge is 0.210 e. The van der Waals surface area contributed by atoms with Crippen molar-refractivity contribution < 1.29 is 0 Å². The number of anilines is 2. The molecule has 0 radical (unpaired) electrons. The van der Waals surface area contributed by atoms with Gasteiger partial charge in [0, 0.05) is 17.0 Å². The third kappa shape index (κ3) is 2.51. The van der Waals surface area contributed by atoms with Crippen molar-refractivity contribution in [1.29, 1.82) is 0 Å². The third-order valence-corrected chi connectivity index (χ3v) is 5.18. The lowest BCUT2D eigenvalue weighted by Gasteiger charge is -2.06. The normalized spacial score (nSPS) is 15.6. The van der Waals surface area contributed by atoms with Crippen LogP contribution in [0.3, 0.4) is 0 Å². The van der Waals surface area contributed by atoms with Gasteiger partial charge in [-0.2, -0.15) is 0 Å². The largest absolute Gasteiger partial charge is 0.330 e. The molecule has 0 amide bonds. The van der Waals surface area contributed by atoms with E-state index in [2.05, 4.69) is 58.0 Å². The van der Waals surface area contributed by atoms with Gasteiger partial charge in [-0.3, -0.25) is 0 Å².